The van der Waals surface area contributed by atoms with Gasteiger partial charge in [-0.05, 0) is 24.3 Å². The number of ether oxygens (including phenoxy) is 2. The smallest absolute Gasteiger partial charge is 0.305 e. The molecule has 1 unspecified atom stereocenters. The summed E-state index contributed by atoms with van der Waals surface area (Å²) in [6.45, 7) is 2.90. The largest absolute Gasteiger partial charge is 0.455 e. The quantitative estimate of drug-likeness (QED) is 0.611. The second kappa shape index (κ2) is 5.16. The fourth-order valence-corrected chi connectivity index (χ4v) is 1.15. The summed E-state index contributed by atoms with van der Waals surface area (Å²) >= 11 is 0. The maximum absolute atomic E-state index is 10.8. The van der Waals surface area contributed by atoms with Crippen molar-refractivity contribution in [3.8, 4) is 5.75 Å². The number of amides is 1. The van der Waals surface area contributed by atoms with Crippen molar-refractivity contribution < 1.29 is 19.1 Å². The van der Waals surface area contributed by atoms with E-state index in [0.29, 0.717) is 11.3 Å². The van der Waals surface area contributed by atoms with Gasteiger partial charge in [0.2, 0.25) is 12.2 Å². The molecule has 5 heteroatoms. The standard InChI is InChI=1S/C11H13NO4/c1-7(13)15-8(2)16-10-5-3-9(4-6-10)11(12)14/h3-6,8H,1-2H3,(H2,12,14). The Bertz CT molecular complexity index is 385. The predicted molar refractivity (Wildman–Crippen MR) is 56.8 cm³/mol. The van der Waals surface area contributed by atoms with Crippen molar-refractivity contribution in [2.24, 2.45) is 5.73 Å². The van der Waals surface area contributed by atoms with Gasteiger partial charge < -0.3 is 15.2 Å². The number of nitrogens with two attached hydrogens (primary N) is 1. The molecule has 2 N–H and O–H groups in total. The molecule has 0 radical (unpaired) electrons. The Morgan fingerprint density at radius 3 is 2.25 bits per heavy atom. The zero-order valence-corrected chi connectivity index (χ0v) is 9.10. The van der Waals surface area contributed by atoms with Crippen LogP contribution in [0.3, 0.4) is 0 Å². The van der Waals surface area contributed by atoms with E-state index < -0.39 is 18.2 Å². The van der Waals surface area contributed by atoms with Crippen LogP contribution in [0.1, 0.15) is 24.2 Å². The number of primary amides is 1. The Morgan fingerprint density at radius 2 is 1.81 bits per heavy atom. The second-order valence-corrected chi connectivity index (χ2v) is 3.18. The number of carbonyl (C=O) groups excluding carboxylic acids is 2. The van der Waals surface area contributed by atoms with E-state index in [1.807, 2.05) is 0 Å². The monoisotopic (exact) mass is 223 g/mol. The molecule has 0 aliphatic rings. The van der Waals surface area contributed by atoms with Crippen LogP contribution in [-0.4, -0.2) is 18.2 Å². The Labute approximate surface area is 93.1 Å². The number of hydrogen-bond acceptors (Lipinski definition) is 4. The summed E-state index contributed by atoms with van der Waals surface area (Å²) in [5.74, 6) is -0.417. The highest BCUT2D eigenvalue weighted by molar-refractivity contribution is 5.92. The summed E-state index contributed by atoms with van der Waals surface area (Å²) < 4.78 is 10.0. The maximum atomic E-state index is 10.8. The molecular weight excluding hydrogens is 210 g/mol. The van der Waals surface area contributed by atoms with Crippen LogP contribution in [0.5, 0.6) is 5.75 Å². The fourth-order valence-electron chi connectivity index (χ4n) is 1.15. The summed E-state index contributed by atoms with van der Waals surface area (Å²) in [5.41, 5.74) is 5.48. The Kier molecular flexibility index (Phi) is 3.88. The summed E-state index contributed by atoms with van der Waals surface area (Å²) in [7, 11) is 0. The number of hydrogen-bond donors (Lipinski definition) is 1. The molecule has 0 heterocycles. The lowest BCUT2D eigenvalue weighted by molar-refractivity contribution is -0.158. The van der Waals surface area contributed by atoms with Crippen molar-refractivity contribution in [3.63, 3.8) is 0 Å². The third kappa shape index (κ3) is 3.61. The minimum Gasteiger partial charge on any atom is -0.455 e. The molecule has 16 heavy (non-hydrogen) atoms. The lowest BCUT2D eigenvalue weighted by Crippen LogP contribution is -2.19. The summed E-state index contributed by atoms with van der Waals surface area (Å²) in [6, 6.07) is 6.25. The lowest BCUT2D eigenvalue weighted by Gasteiger charge is -2.14. The number of esters is 1. The van der Waals surface area contributed by atoms with E-state index in [1.54, 1.807) is 19.1 Å². The lowest BCUT2D eigenvalue weighted by atomic mass is 10.2. The van der Waals surface area contributed by atoms with E-state index in [-0.39, 0.29) is 0 Å². The highest BCUT2D eigenvalue weighted by Gasteiger charge is 2.07. The van der Waals surface area contributed by atoms with Gasteiger partial charge in [0.15, 0.2) is 0 Å². The van der Waals surface area contributed by atoms with Gasteiger partial charge in [-0.25, -0.2) is 0 Å². The summed E-state index contributed by atoms with van der Waals surface area (Å²) in [4.78, 5) is 21.4. The van der Waals surface area contributed by atoms with Crippen LogP contribution >= 0.6 is 0 Å². The molecule has 0 fully saturated rings. The molecule has 1 atom stereocenters. The topological polar surface area (TPSA) is 78.6 Å². The average molecular weight is 223 g/mol. The molecule has 1 rings (SSSR count). The van der Waals surface area contributed by atoms with Crippen LogP contribution in [0.25, 0.3) is 0 Å². The van der Waals surface area contributed by atoms with Crippen LogP contribution in [-0.2, 0) is 9.53 Å². The minimum absolute atomic E-state index is 0.396. The molecule has 1 aromatic rings. The minimum atomic E-state index is -0.670. The van der Waals surface area contributed by atoms with Crippen molar-refractivity contribution in [3.05, 3.63) is 29.8 Å². The van der Waals surface area contributed by atoms with Crippen molar-refractivity contribution >= 4 is 11.9 Å². The SMILES string of the molecule is CC(=O)OC(C)Oc1ccc(C(N)=O)cc1. The van der Waals surface area contributed by atoms with Gasteiger partial charge in [0, 0.05) is 19.4 Å². The maximum Gasteiger partial charge on any atom is 0.305 e. The summed E-state index contributed by atoms with van der Waals surface area (Å²) in [6.07, 6.45) is -0.670. The van der Waals surface area contributed by atoms with Crippen LogP contribution in [0.4, 0.5) is 0 Å². The zero-order valence-electron chi connectivity index (χ0n) is 9.10. The van der Waals surface area contributed by atoms with Crippen LogP contribution in [0.15, 0.2) is 24.3 Å². The van der Waals surface area contributed by atoms with Crippen molar-refractivity contribution in [2.75, 3.05) is 0 Å². The second-order valence-electron chi connectivity index (χ2n) is 3.18. The first-order valence-corrected chi connectivity index (χ1v) is 4.73. The van der Waals surface area contributed by atoms with Gasteiger partial charge in [-0.3, -0.25) is 9.59 Å². The normalized spacial score (nSPS) is 11.6. The molecule has 5 nitrogen and oxygen atoms in total. The molecular formula is C11H13NO4. The van der Waals surface area contributed by atoms with Crippen molar-refractivity contribution in [1.29, 1.82) is 0 Å². The molecule has 0 spiro atoms. The molecule has 1 aromatic carbocycles. The third-order valence-corrected chi connectivity index (χ3v) is 1.77. The molecule has 1 amide bonds. The Morgan fingerprint density at radius 1 is 1.25 bits per heavy atom. The third-order valence-electron chi connectivity index (χ3n) is 1.77. The number of carbonyl (C=O) groups is 2. The van der Waals surface area contributed by atoms with Crippen LogP contribution in [0.2, 0.25) is 0 Å². The first-order valence-electron chi connectivity index (χ1n) is 4.73. The Balaban J connectivity index is 2.61. The first-order chi connectivity index (χ1) is 7.49. The van der Waals surface area contributed by atoms with Gasteiger partial charge in [-0.1, -0.05) is 0 Å². The van der Waals surface area contributed by atoms with Crippen molar-refractivity contribution in [2.45, 2.75) is 20.1 Å². The van der Waals surface area contributed by atoms with Gasteiger partial charge >= 0.3 is 5.97 Å². The van der Waals surface area contributed by atoms with Gasteiger partial charge in [0.1, 0.15) is 5.75 Å². The summed E-state index contributed by atoms with van der Waals surface area (Å²) in [5, 5.41) is 0. The highest BCUT2D eigenvalue weighted by Crippen LogP contribution is 2.14. The number of benzene rings is 1. The first kappa shape index (κ1) is 12.0. The highest BCUT2D eigenvalue weighted by atomic mass is 16.7. The van der Waals surface area contributed by atoms with Gasteiger partial charge in [0.25, 0.3) is 0 Å². The van der Waals surface area contributed by atoms with Crippen LogP contribution < -0.4 is 10.5 Å². The van der Waals surface area contributed by atoms with E-state index in [1.165, 1.54) is 19.1 Å². The van der Waals surface area contributed by atoms with E-state index >= 15 is 0 Å². The molecule has 0 saturated carbocycles. The van der Waals surface area contributed by atoms with E-state index in [4.69, 9.17) is 15.2 Å². The van der Waals surface area contributed by atoms with E-state index in [0.717, 1.165) is 0 Å². The zero-order chi connectivity index (χ0) is 12.1. The van der Waals surface area contributed by atoms with Gasteiger partial charge in [0.05, 0.1) is 0 Å². The molecule has 0 bridgehead atoms. The average Bonchev–Trinajstić information content (AvgIpc) is 2.16. The Hall–Kier alpha value is -2.04. The molecule has 0 saturated heterocycles. The molecule has 0 aliphatic heterocycles. The van der Waals surface area contributed by atoms with Crippen molar-refractivity contribution in [1.82, 2.24) is 0 Å². The van der Waals surface area contributed by atoms with Gasteiger partial charge in [-0.15, -0.1) is 0 Å². The van der Waals surface area contributed by atoms with Gasteiger partial charge in [-0.2, -0.15) is 0 Å². The molecule has 0 aliphatic carbocycles. The number of rotatable bonds is 4. The predicted octanol–water partition coefficient (Wildman–Crippen LogP) is 1.07. The van der Waals surface area contributed by atoms with Crippen LogP contribution in [0, 0.1) is 0 Å². The van der Waals surface area contributed by atoms with E-state index in [2.05, 4.69) is 0 Å². The van der Waals surface area contributed by atoms with E-state index in [9.17, 15) is 9.59 Å². The fraction of sp³-hybridized carbons (Fsp3) is 0.273. The molecule has 0 aromatic heterocycles. The molecule has 86 valence electrons.